The molecule has 1 saturated carbocycles. The minimum atomic E-state index is -0.309. The van der Waals surface area contributed by atoms with Crippen LogP contribution >= 0.6 is 0 Å². The first kappa shape index (κ1) is 26.9. The van der Waals surface area contributed by atoms with Crippen LogP contribution in [0.25, 0.3) is 11.3 Å². The Balaban J connectivity index is 1.23. The lowest BCUT2D eigenvalue weighted by molar-refractivity contribution is 0.0892. The van der Waals surface area contributed by atoms with E-state index >= 15 is 0 Å². The summed E-state index contributed by atoms with van der Waals surface area (Å²) in [4.78, 5) is 17.5. The SMILES string of the molecule is CN(C)c1ccc(Oc2cc(O)cc(O)c2-c2cc(C(=O)NC3CCN(CC4CCCCC4)CC3)no2)cc1. The van der Waals surface area contributed by atoms with E-state index in [1.807, 2.05) is 31.1 Å². The van der Waals surface area contributed by atoms with Gasteiger partial charge < -0.3 is 34.6 Å². The van der Waals surface area contributed by atoms with Crippen molar-refractivity contribution in [1.82, 2.24) is 15.4 Å². The highest BCUT2D eigenvalue weighted by Gasteiger charge is 2.26. The molecule has 0 atom stereocenters. The van der Waals surface area contributed by atoms with E-state index in [4.69, 9.17) is 9.26 Å². The highest BCUT2D eigenvalue weighted by Crippen LogP contribution is 2.43. The van der Waals surface area contributed by atoms with Crippen molar-refractivity contribution in [2.24, 2.45) is 5.92 Å². The van der Waals surface area contributed by atoms with Crippen LogP contribution in [-0.4, -0.2) is 65.9 Å². The van der Waals surface area contributed by atoms with Crippen LogP contribution in [0, 0.1) is 5.92 Å². The number of nitrogens with one attached hydrogen (secondary N) is 1. The third-order valence-corrected chi connectivity index (χ3v) is 7.80. The van der Waals surface area contributed by atoms with E-state index in [-0.39, 0.29) is 46.2 Å². The van der Waals surface area contributed by atoms with Gasteiger partial charge in [0.05, 0.1) is 0 Å². The van der Waals surface area contributed by atoms with E-state index in [1.54, 1.807) is 12.1 Å². The molecular formula is C30H38N4O5. The normalized spacial score (nSPS) is 17.2. The lowest BCUT2D eigenvalue weighted by Gasteiger charge is -2.35. The number of rotatable bonds is 8. The summed E-state index contributed by atoms with van der Waals surface area (Å²) in [6, 6.07) is 11.5. The molecule has 0 spiro atoms. The summed E-state index contributed by atoms with van der Waals surface area (Å²) in [6.45, 7) is 3.15. The number of carbonyl (C=O) groups is 1. The van der Waals surface area contributed by atoms with E-state index in [9.17, 15) is 15.0 Å². The highest BCUT2D eigenvalue weighted by molar-refractivity contribution is 5.93. The van der Waals surface area contributed by atoms with E-state index in [2.05, 4.69) is 15.4 Å². The summed E-state index contributed by atoms with van der Waals surface area (Å²) in [5.41, 5.74) is 1.33. The highest BCUT2D eigenvalue weighted by atomic mass is 16.5. The van der Waals surface area contributed by atoms with Crippen molar-refractivity contribution in [3.05, 3.63) is 48.2 Å². The zero-order valence-corrected chi connectivity index (χ0v) is 22.7. The Morgan fingerprint density at radius 1 is 1.05 bits per heavy atom. The van der Waals surface area contributed by atoms with Gasteiger partial charge in [-0.1, -0.05) is 24.4 Å². The molecule has 2 aliphatic rings. The van der Waals surface area contributed by atoms with Gasteiger partial charge in [-0.15, -0.1) is 0 Å². The molecule has 3 N–H and O–H groups in total. The predicted octanol–water partition coefficient (Wildman–Crippen LogP) is 5.39. The van der Waals surface area contributed by atoms with Crippen LogP contribution in [0.2, 0.25) is 0 Å². The molecule has 3 aromatic rings. The molecule has 1 aliphatic heterocycles. The van der Waals surface area contributed by atoms with Crippen LogP contribution in [0.4, 0.5) is 5.69 Å². The Hall–Kier alpha value is -3.72. The van der Waals surface area contributed by atoms with Gasteiger partial charge in [-0.2, -0.15) is 0 Å². The molecule has 2 fully saturated rings. The lowest BCUT2D eigenvalue weighted by atomic mass is 9.88. The van der Waals surface area contributed by atoms with Crippen molar-refractivity contribution in [3.63, 3.8) is 0 Å². The number of nitrogens with zero attached hydrogens (tertiary/aromatic N) is 3. The van der Waals surface area contributed by atoms with Crippen molar-refractivity contribution >= 4 is 11.6 Å². The van der Waals surface area contributed by atoms with Crippen LogP contribution in [0.5, 0.6) is 23.0 Å². The molecule has 5 rings (SSSR count). The van der Waals surface area contributed by atoms with Crippen LogP contribution in [0.3, 0.4) is 0 Å². The van der Waals surface area contributed by atoms with Gasteiger partial charge in [0.25, 0.3) is 5.91 Å². The summed E-state index contributed by atoms with van der Waals surface area (Å²) < 4.78 is 11.4. The van der Waals surface area contributed by atoms with Crippen LogP contribution in [0.1, 0.15) is 55.4 Å². The number of aromatic nitrogens is 1. The van der Waals surface area contributed by atoms with Gasteiger partial charge >= 0.3 is 0 Å². The summed E-state index contributed by atoms with van der Waals surface area (Å²) in [7, 11) is 3.89. The molecular weight excluding hydrogens is 496 g/mol. The number of carbonyl (C=O) groups excluding carboxylic acids is 1. The number of likely N-dealkylation sites (tertiary alicyclic amines) is 1. The first-order valence-electron chi connectivity index (χ1n) is 13.9. The van der Waals surface area contributed by atoms with Crippen molar-refractivity contribution in [1.29, 1.82) is 0 Å². The van der Waals surface area contributed by atoms with E-state index in [0.717, 1.165) is 37.5 Å². The largest absolute Gasteiger partial charge is 0.508 e. The third kappa shape index (κ3) is 6.65. The molecule has 9 nitrogen and oxygen atoms in total. The van der Waals surface area contributed by atoms with Gasteiger partial charge in [0.15, 0.2) is 11.5 Å². The molecule has 1 saturated heterocycles. The van der Waals surface area contributed by atoms with E-state index < -0.39 is 0 Å². The quantitative estimate of drug-likeness (QED) is 0.353. The molecule has 0 bridgehead atoms. The predicted molar refractivity (Wildman–Crippen MR) is 150 cm³/mol. The number of piperidine rings is 1. The Morgan fingerprint density at radius 3 is 2.46 bits per heavy atom. The Labute approximate surface area is 229 Å². The zero-order valence-electron chi connectivity index (χ0n) is 22.7. The van der Waals surface area contributed by atoms with Gasteiger partial charge in [0.1, 0.15) is 28.6 Å². The topological polar surface area (TPSA) is 111 Å². The second-order valence-electron chi connectivity index (χ2n) is 11.0. The summed E-state index contributed by atoms with van der Waals surface area (Å²) >= 11 is 0. The fraction of sp³-hybridized carbons (Fsp3) is 0.467. The molecule has 208 valence electrons. The van der Waals surface area contributed by atoms with Crippen molar-refractivity contribution in [2.75, 3.05) is 38.6 Å². The summed E-state index contributed by atoms with van der Waals surface area (Å²) in [5, 5.41) is 27.8. The van der Waals surface area contributed by atoms with Crippen LogP contribution < -0.4 is 15.0 Å². The summed E-state index contributed by atoms with van der Waals surface area (Å²) in [5.74, 6) is 0.959. The van der Waals surface area contributed by atoms with Gasteiger partial charge in [0, 0.05) is 63.7 Å². The van der Waals surface area contributed by atoms with Crippen LogP contribution in [-0.2, 0) is 0 Å². The Morgan fingerprint density at radius 2 is 1.77 bits per heavy atom. The van der Waals surface area contributed by atoms with E-state index in [1.165, 1.54) is 56.8 Å². The van der Waals surface area contributed by atoms with Crippen molar-refractivity contribution < 1.29 is 24.3 Å². The number of benzene rings is 2. The number of ether oxygens (including phenoxy) is 1. The minimum Gasteiger partial charge on any atom is -0.508 e. The molecule has 2 aromatic carbocycles. The molecule has 0 unspecified atom stereocenters. The number of hydrogen-bond donors (Lipinski definition) is 3. The minimum absolute atomic E-state index is 0.0892. The van der Waals surface area contributed by atoms with Gasteiger partial charge in [-0.25, -0.2) is 0 Å². The zero-order chi connectivity index (χ0) is 27.4. The molecule has 1 aromatic heterocycles. The second kappa shape index (κ2) is 12.0. The lowest BCUT2D eigenvalue weighted by Crippen LogP contribution is -2.46. The maximum absolute atomic E-state index is 13.0. The van der Waals surface area contributed by atoms with Crippen molar-refractivity contribution in [3.8, 4) is 34.3 Å². The smallest absolute Gasteiger partial charge is 0.273 e. The van der Waals surface area contributed by atoms with Crippen molar-refractivity contribution in [2.45, 2.75) is 51.0 Å². The fourth-order valence-corrected chi connectivity index (χ4v) is 5.61. The average molecular weight is 535 g/mol. The first-order chi connectivity index (χ1) is 18.9. The maximum Gasteiger partial charge on any atom is 0.273 e. The first-order valence-corrected chi connectivity index (χ1v) is 13.9. The molecule has 39 heavy (non-hydrogen) atoms. The molecule has 1 amide bonds. The number of anilines is 1. The summed E-state index contributed by atoms with van der Waals surface area (Å²) in [6.07, 6.45) is 8.60. The standard InChI is InChI=1S/C30H38N4O5/c1-33(2)22-8-10-24(11-9-22)38-27-17-23(35)16-26(36)29(27)28-18-25(32-39-28)30(37)31-21-12-14-34(15-13-21)19-20-6-4-3-5-7-20/h8-11,16-18,20-21,35-36H,3-7,12-15,19H2,1-2H3,(H,31,37). The third-order valence-electron chi connectivity index (χ3n) is 7.80. The van der Waals surface area contributed by atoms with Gasteiger partial charge in [0.2, 0.25) is 0 Å². The van der Waals surface area contributed by atoms with Crippen LogP contribution in [0.15, 0.2) is 47.0 Å². The molecule has 9 heteroatoms. The second-order valence-corrected chi connectivity index (χ2v) is 11.0. The Bertz CT molecular complexity index is 1260. The van der Waals surface area contributed by atoms with E-state index in [0.29, 0.717) is 5.75 Å². The Kier molecular flexibility index (Phi) is 8.26. The monoisotopic (exact) mass is 534 g/mol. The molecule has 1 aliphatic carbocycles. The van der Waals surface area contributed by atoms with Gasteiger partial charge in [-0.3, -0.25) is 4.79 Å². The number of amides is 1. The number of phenols is 2. The average Bonchev–Trinajstić information content (AvgIpc) is 3.40. The fourth-order valence-electron chi connectivity index (χ4n) is 5.61. The number of hydrogen-bond acceptors (Lipinski definition) is 8. The molecule has 0 radical (unpaired) electrons. The number of phenolic OH excluding ortho intramolecular Hbond substituents is 2. The molecule has 2 heterocycles. The van der Waals surface area contributed by atoms with Gasteiger partial charge in [-0.05, 0) is 55.9 Å². The maximum atomic E-state index is 13.0. The number of aromatic hydroxyl groups is 2.